The topological polar surface area (TPSA) is 41.4 Å². The van der Waals surface area contributed by atoms with Crippen LogP contribution in [0.3, 0.4) is 0 Å². The Balaban J connectivity index is 1.65. The maximum Gasteiger partial charge on any atom is 0.274 e. The van der Waals surface area contributed by atoms with Gasteiger partial charge in [0.1, 0.15) is 11.6 Å². The fourth-order valence-electron chi connectivity index (χ4n) is 3.86. The standard InChI is InChI=1S/C23H24F2N4O/c1-27(2)23(30)22-18-15-28(14-17-19(24)9-6-10-20(17)25)12-11-21(18)29(26-22)13-16-7-4-3-5-8-16/h3-10H,11-15H2,1-2H3. The molecule has 0 bridgehead atoms. The molecule has 7 heteroatoms. The van der Waals surface area contributed by atoms with Crippen LogP contribution in [-0.4, -0.2) is 46.1 Å². The third-order valence-electron chi connectivity index (χ3n) is 5.44. The van der Waals surface area contributed by atoms with E-state index in [0.29, 0.717) is 31.7 Å². The van der Waals surface area contributed by atoms with E-state index in [0.717, 1.165) is 16.8 Å². The van der Waals surface area contributed by atoms with Gasteiger partial charge >= 0.3 is 0 Å². The summed E-state index contributed by atoms with van der Waals surface area (Å²) in [4.78, 5) is 16.2. The normalized spacial score (nSPS) is 13.9. The van der Waals surface area contributed by atoms with Gasteiger partial charge in [-0.15, -0.1) is 0 Å². The Morgan fingerprint density at radius 1 is 1.03 bits per heavy atom. The number of carbonyl (C=O) groups is 1. The lowest BCUT2D eigenvalue weighted by molar-refractivity contribution is 0.0818. The molecule has 30 heavy (non-hydrogen) atoms. The van der Waals surface area contributed by atoms with Crippen LogP contribution in [0.25, 0.3) is 0 Å². The van der Waals surface area contributed by atoms with E-state index in [4.69, 9.17) is 0 Å². The zero-order valence-electron chi connectivity index (χ0n) is 17.1. The molecule has 2 aromatic carbocycles. The van der Waals surface area contributed by atoms with Gasteiger partial charge in [-0.2, -0.15) is 5.10 Å². The van der Waals surface area contributed by atoms with Gasteiger partial charge in [0.25, 0.3) is 5.91 Å². The van der Waals surface area contributed by atoms with E-state index in [1.54, 1.807) is 14.1 Å². The number of fused-ring (bicyclic) bond motifs is 1. The smallest absolute Gasteiger partial charge is 0.274 e. The molecule has 0 saturated heterocycles. The predicted molar refractivity (Wildman–Crippen MR) is 110 cm³/mol. The van der Waals surface area contributed by atoms with Crippen LogP contribution in [0, 0.1) is 11.6 Å². The number of hydrogen-bond acceptors (Lipinski definition) is 3. The van der Waals surface area contributed by atoms with Crippen molar-refractivity contribution in [2.45, 2.75) is 26.1 Å². The highest BCUT2D eigenvalue weighted by molar-refractivity contribution is 5.93. The quantitative estimate of drug-likeness (QED) is 0.647. The van der Waals surface area contributed by atoms with E-state index < -0.39 is 11.6 Å². The minimum Gasteiger partial charge on any atom is -0.343 e. The van der Waals surface area contributed by atoms with Crippen molar-refractivity contribution in [3.63, 3.8) is 0 Å². The summed E-state index contributed by atoms with van der Waals surface area (Å²) in [5, 5.41) is 4.64. The van der Waals surface area contributed by atoms with E-state index in [2.05, 4.69) is 5.10 Å². The third kappa shape index (κ3) is 3.98. The molecule has 0 spiro atoms. The average Bonchev–Trinajstić information content (AvgIpc) is 3.08. The molecule has 1 aromatic heterocycles. The second kappa shape index (κ2) is 8.36. The van der Waals surface area contributed by atoms with Crippen molar-refractivity contribution in [2.75, 3.05) is 20.6 Å². The van der Waals surface area contributed by atoms with Crippen LogP contribution in [0.5, 0.6) is 0 Å². The van der Waals surface area contributed by atoms with Crippen LogP contribution < -0.4 is 0 Å². The van der Waals surface area contributed by atoms with Crippen molar-refractivity contribution in [2.24, 2.45) is 0 Å². The van der Waals surface area contributed by atoms with Gasteiger partial charge in [0.05, 0.1) is 6.54 Å². The van der Waals surface area contributed by atoms with Crippen molar-refractivity contribution in [3.8, 4) is 0 Å². The number of aromatic nitrogens is 2. The first-order valence-electron chi connectivity index (χ1n) is 9.93. The lowest BCUT2D eigenvalue weighted by Crippen LogP contribution is -2.32. The Morgan fingerprint density at radius 3 is 2.40 bits per heavy atom. The number of benzene rings is 2. The number of rotatable bonds is 5. The molecule has 1 aliphatic rings. The third-order valence-corrected chi connectivity index (χ3v) is 5.44. The molecule has 0 fully saturated rings. The fraction of sp³-hybridized carbons (Fsp3) is 0.304. The lowest BCUT2D eigenvalue weighted by atomic mass is 10.0. The Labute approximate surface area is 174 Å². The van der Waals surface area contributed by atoms with E-state index in [-0.39, 0.29) is 18.0 Å². The van der Waals surface area contributed by atoms with Crippen LogP contribution in [0.2, 0.25) is 0 Å². The van der Waals surface area contributed by atoms with Crippen molar-refractivity contribution >= 4 is 5.91 Å². The molecule has 5 nitrogen and oxygen atoms in total. The van der Waals surface area contributed by atoms with Crippen LogP contribution >= 0.6 is 0 Å². The van der Waals surface area contributed by atoms with Gasteiger partial charge in [-0.25, -0.2) is 8.78 Å². The highest BCUT2D eigenvalue weighted by Gasteiger charge is 2.29. The summed E-state index contributed by atoms with van der Waals surface area (Å²) in [5.41, 5.74) is 3.41. The molecular formula is C23H24F2N4O. The molecule has 0 radical (unpaired) electrons. The molecule has 2 heterocycles. The van der Waals surface area contributed by atoms with Gasteiger partial charge in [0.2, 0.25) is 0 Å². The fourth-order valence-corrected chi connectivity index (χ4v) is 3.86. The van der Waals surface area contributed by atoms with Gasteiger partial charge < -0.3 is 4.90 Å². The van der Waals surface area contributed by atoms with Gasteiger partial charge in [0.15, 0.2) is 5.69 Å². The maximum absolute atomic E-state index is 14.1. The Morgan fingerprint density at radius 2 is 1.73 bits per heavy atom. The number of amides is 1. The lowest BCUT2D eigenvalue weighted by Gasteiger charge is -2.28. The van der Waals surface area contributed by atoms with Gasteiger partial charge in [0, 0.05) is 57.0 Å². The highest BCUT2D eigenvalue weighted by Crippen LogP contribution is 2.26. The largest absolute Gasteiger partial charge is 0.343 e. The first-order chi connectivity index (χ1) is 14.4. The number of hydrogen-bond donors (Lipinski definition) is 0. The summed E-state index contributed by atoms with van der Waals surface area (Å²) in [6.45, 7) is 1.78. The van der Waals surface area contributed by atoms with Crippen LogP contribution in [-0.2, 0) is 26.1 Å². The van der Waals surface area contributed by atoms with Gasteiger partial charge in [-0.1, -0.05) is 36.4 Å². The van der Waals surface area contributed by atoms with Gasteiger partial charge in [-0.3, -0.25) is 14.4 Å². The Kier molecular flexibility index (Phi) is 5.63. The summed E-state index contributed by atoms with van der Waals surface area (Å²) in [6, 6.07) is 13.9. The van der Waals surface area contributed by atoms with E-state index in [1.165, 1.54) is 23.1 Å². The minimum absolute atomic E-state index is 0.0538. The summed E-state index contributed by atoms with van der Waals surface area (Å²) in [5.74, 6) is -1.27. The van der Waals surface area contributed by atoms with E-state index >= 15 is 0 Å². The maximum atomic E-state index is 14.1. The van der Waals surface area contributed by atoms with Crippen molar-refractivity contribution in [1.29, 1.82) is 0 Å². The second-order valence-corrected chi connectivity index (χ2v) is 7.78. The summed E-state index contributed by atoms with van der Waals surface area (Å²) in [7, 11) is 3.39. The summed E-state index contributed by atoms with van der Waals surface area (Å²) in [6.07, 6.45) is 0.659. The Hall–Kier alpha value is -3.06. The van der Waals surface area contributed by atoms with E-state index in [9.17, 15) is 13.6 Å². The minimum atomic E-state index is -0.551. The number of nitrogens with zero attached hydrogens (tertiary/aromatic N) is 4. The van der Waals surface area contributed by atoms with Crippen molar-refractivity contribution < 1.29 is 13.6 Å². The molecule has 0 N–H and O–H groups in total. The molecular weight excluding hydrogens is 386 g/mol. The first-order valence-corrected chi connectivity index (χ1v) is 9.93. The molecule has 156 valence electrons. The second-order valence-electron chi connectivity index (χ2n) is 7.78. The molecule has 0 saturated carbocycles. The highest BCUT2D eigenvalue weighted by atomic mass is 19.1. The first kappa shape index (κ1) is 20.2. The zero-order valence-corrected chi connectivity index (χ0v) is 17.1. The molecule has 0 atom stereocenters. The number of halogens is 2. The Bertz CT molecular complexity index is 1040. The van der Waals surface area contributed by atoms with Crippen molar-refractivity contribution in [1.82, 2.24) is 19.6 Å². The average molecular weight is 410 g/mol. The summed E-state index contributed by atoms with van der Waals surface area (Å²) < 4.78 is 30.1. The van der Waals surface area contributed by atoms with Crippen LogP contribution in [0.4, 0.5) is 8.78 Å². The SMILES string of the molecule is CN(C)C(=O)c1nn(Cc2ccccc2)c2c1CN(Cc1c(F)cccc1F)CC2. The van der Waals surface area contributed by atoms with Crippen LogP contribution in [0.1, 0.15) is 32.9 Å². The number of carbonyl (C=O) groups excluding carboxylic acids is 1. The molecule has 0 unspecified atom stereocenters. The zero-order chi connectivity index (χ0) is 21.3. The monoisotopic (exact) mass is 410 g/mol. The molecule has 1 aliphatic heterocycles. The molecule has 1 amide bonds. The molecule has 0 aliphatic carbocycles. The van der Waals surface area contributed by atoms with Gasteiger partial charge in [-0.05, 0) is 17.7 Å². The van der Waals surface area contributed by atoms with Crippen LogP contribution in [0.15, 0.2) is 48.5 Å². The summed E-state index contributed by atoms with van der Waals surface area (Å²) >= 11 is 0. The van der Waals surface area contributed by atoms with E-state index in [1.807, 2.05) is 39.9 Å². The molecule has 4 rings (SSSR count). The van der Waals surface area contributed by atoms with Crippen molar-refractivity contribution in [3.05, 3.63) is 88.2 Å². The molecule has 3 aromatic rings. The predicted octanol–water partition coefficient (Wildman–Crippen LogP) is 3.47.